The maximum absolute atomic E-state index is 12.0. The number of carboxylic acids is 1. The number of carbonyl (C=O) groups excluding carboxylic acids is 2. The van der Waals surface area contributed by atoms with Crippen LogP contribution in [-0.2, 0) is 14.4 Å². The summed E-state index contributed by atoms with van der Waals surface area (Å²) >= 11 is 0. The third kappa shape index (κ3) is 6.60. The highest BCUT2D eigenvalue weighted by molar-refractivity contribution is 5.87. The van der Waals surface area contributed by atoms with Crippen LogP contribution in [0.4, 0.5) is 0 Å². The molecular weight excluding hydrogens is 272 g/mol. The molecule has 21 heavy (non-hydrogen) atoms. The minimum atomic E-state index is -1.03. The SMILES string of the molecule is CC(C)C[C@H](NC(=O)CN1CCCCCCC1=O)C(=O)O. The van der Waals surface area contributed by atoms with E-state index in [-0.39, 0.29) is 18.4 Å². The average Bonchev–Trinajstić information content (AvgIpc) is 2.37. The number of hydrogen-bond acceptors (Lipinski definition) is 3. The molecule has 0 bridgehead atoms. The quantitative estimate of drug-likeness (QED) is 0.776. The van der Waals surface area contributed by atoms with Gasteiger partial charge in [-0.3, -0.25) is 9.59 Å². The Hall–Kier alpha value is -1.59. The second-order valence-electron chi connectivity index (χ2n) is 6.07. The van der Waals surface area contributed by atoms with Gasteiger partial charge >= 0.3 is 5.97 Å². The number of amides is 2. The molecule has 1 atom stereocenters. The number of nitrogens with one attached hydrogen (secondary N) is 1. The Labute approximate surface area is 125 Å². The minimum absolute atomic E-state index is 0.0133. The van der Waals surface area contributed by atoms with E-state index in [9.17, 15) is 14.4 Å². The van der Waals surface area contributed by atoms with Gasteiger partial charge in [-0.15, -0.1) is 0 Å². The van der Waals surface area contributed by atoms with Crippen molar-refractivity contribution in [3.05, 3.63) is 0 Å². The van der Waals surface area contributed by atoms with E-state index in [2.05, 4.69) is 5.32 Å². The van der Waals surface area contributed by atoms with Crippen LogP contribution in [0, 0.1) is 5.92 Å². The third-order valence-electron chi connectivity index (χ3n) is 3.60. The van der Waals surface area contributed by atoms with E-state index >= 15 is 0 Å². The van der Waals surface area contributed by atoms with Gasteiger partial charge in [-0.2, -0.15) is 0 Å². The van der Waals surface area contributed by atoms with Crippen LogP contribution in [0.5, 0.6) is 0 Å². The Morgan fingerprint density at radius 1 is 1.24 bits per heavy atom. The molecule has 1 aliphatic heterocycles. The van der Waals surface area contributed by atoms with Crippen LogP contribution >= 0.6 is 0 Å². The summed E-state index contributed by atoms with van der Waals surface area (Å²) in [6, 6.07) is -0.887. The van der Waals surface area contributed by atoms with Crippen molar-refractivity contribution in [2.45, 2.75) is 58.4 Å². The highest BCUT2D eigenvalue weighted by Gasteiger charge is 2.24. The zero-order valence-corrected chi connectivity index (χ0v) is 12.9. The molecule has 6 heteroatoms. The lowest BCUT2D eigenvalue weighted by Crippen LogP contribution is -2.47. The summed E-state index contributed by atoms with van der Waals surface area (Å²) in [5.41, 5.74) is 0. The Kier molecular flexibility index (Phi) is 7.19. The van der Waals surface area contributed by atoms with Gasteiger partial charge < -0.3 is 15.3 Å². The highest BCUT2D eigenvalue weighted by atomic mass is 16.4. The molecule has 1 heterocycles. The second kappa shape index (κ2) is 8.64. The summed E-state index contributed by atoms with van der Waals surface area (Å²) in [6.45, 7) is 4.35. The number of hydrogen-bond donors (Lipinski definition) is 2. The summed E-state index contributed by atoms with van der Waals surface area (Å²) in [6.07, 6.45) is 4.74. The predicted octanol–water partition coefficient (Wildman–Crippen LogP) is 1.39. The lowest BCUT2D eigenvalue weighted by molar-refractivity contribution is -0.143. The van der Waals surface area contributed by atoms with Crippen LogP contribution in [0.1, 0.15) is 52.4 Å². The van der Waals surface area contributed by atoms with Gasteiger partial charge in [0.05, 0.1) is 6.54 Å². The van der Waals surface area contributed by atoms with E-state index in [1.165, 1.54) is 0 Å². The van der Waals surface area contributed by atoms with E-state index in [4.69, 9.17) is 5.11 Å². The van der Waals surface area contributed by atoms with Crippen molar-refractivity contribution in [2.75, 3.05) is 13.1 Å². The topological polar surface area (TPSA) is 86.7 Å². The molecule has 2 amide bonds. The number of carboxylic acid groups (broad SMARTS) is 1. The molecule has 2 N–H and O–H groups in total. The van der Waals surface area contributed by atoms with E-state index in [1.807, 2.05) is 13.8 Å². The molecule has 0 aromatic heterocycles. The zero-order chi connectivity index (χ0) is 15.8. The average molecular weight is 298 g/mol. The summed E-state index contributed by atoms with van der Waals surface area (Å²) in [5.74, 6) is -1.26. The first-order valence-electron chi connectivity index (χ1n) is 7.70. The molecule has 0 aromatic rings. The number of nitrogens with zero attached hydrogens (tertiary/aromatic N) is 1. The van der Waals surface area contributed by atoms with Gasteiger partial charge in [-0.25, -0.2) is 4.79 Å². The smallest absolute Gasteiger partial charge is 0.326 e. The molecule has 0 spiro atoms. The first-order chi connectivity index (χ1) is 9.90. The highest BCUT2D eigenvalue weighted by Crippen LogP contribution is 2.11. The largest absolute Gasteiger partial charge is 0.480 e. The van der Waals surface area contributed by atoms with Crippen LogP contribution in [0.15, 0.2) is 0 Å². The van der Waals surface area contributed by atoms with E-state index < -0.39 is 17.9 Å². The molecule has 0 aromatic carbocycles. The Bertz CT molecular complexity index is 382. The first-order valence-corrected chi connectivity index (χ1v) is 7.70. The summed E-state index contributed by atoms with van der Waals surface area (Å²) in [5, 5.41) is 11.6. The molecule has 1 aliphatic rings. The van der Waals surface area contributed by atoms with Crippen LogP contribution < -0.4 is 5.32 Å². The van der Waals surface area contributed by atoms with Crippen molar-refractivity contribution in [3.63, 3.8) is 0 Å². The van der Waals surface area contributed by atoms with Crippen LogP contribution in [0.25, 0.3) is 0 Å². The maximum Gasteiger partial charge on any atom is 0.326 e. The van der Waals surface area contributed by atoms with Crippen molar-refractivity contribution in [1.29, 1.82) is 0 Å². The Morgan fingerprint density at radius 3 is 2.52 bits per heavy atom. The van der Waals surface area contributed by atoms with E-state index in [0.717, 1.165) is 25.7 Å². The fraction of sp³-hybridized carbons (Fsp3) is 0.800. The first kappa shape index (κ1) is 17.5. The summed E-state index contributed by atoms with van der Waals surface area (Å²) < 4.78 is 0. The number of carbonyl (C=O) groups is 3. The molecule has 1 fully saturated rings. The zero-order valence-electron chi connectivity index (χ0n) is 12.9. The van der Waals surface area contributed by atoms with Crippen LogP contribution in [0.3, 0.4) is 0 Å². The van der Waals surface area contributed by atoms with Crippen molar-refractivity contribution in [2.24, 2.45) is 5.92 Å². The summed E-state index contributed by atoms with van der Waals surface area (Å²) in [7, 11) is 0. The molecule has 0 radical (unpaired) electrons. The minimum Gasteiger partial charge on any atom is -0.480 e. The van der Waals surface area contributed by atoms with Crippen molar-refractivity contribution < 1.29 is 19.5 Å². The molecule has 0 aliphatic carbocycles. The fourth-order valence-electron chi connectivity index (χ4n) is 2.49. The van der Waals surface area contributed by atoms with E-state index in [0.29, 0.717) is 19.4 Å². The molecule has 0 saturated carbocycles. The molecule has 0 unspecified atom stereocenters. The number of rotatable bonds is 6. The normalized spacial score (nSPS) is 18.0. The lowest BCUT2D eigenvalue weighted by Gasteiger charge is -2.25. The van der Waals surface area contributed by atoms with Crippen molar-refractivity contribution in [1.82, 2.24) is 10.2 Å². The molecular formula is C15H26N2O4. The van der Waals surface area contributed by atoms with Gasteiger partial charge in [0.15, 0.2) is 0 Å². The van der Waals surface area contributed by atoms with Gasteiger partial charge in [0.2, 0.25) is 11.8 Å². The van der Waals surface area contributed by atoms with Crippen molar-refractivity contribution in [3.8, 4) is 0 Å². The van der Waals surface area contributed by atoms with Gasteiger partial charge in [0, 0.05) is 13.0 Å². The van der Waals surface area contributed by atoms with Crippen LogP contribution in [-0.4, -0.2) is 46.9 Å². The standard InChI is InChI=1S/C15H26N2O4/c1-11(2)9-12(15(20)21)16-13(18)10-17-8-6-4-3-5-7-14(17)19/h11-12H,3-10H2,1-2H3,(H,16,18)(H,20,21)/t12-/m0/s1. The fourth-order valence-corrected chi connectivity index (χ4v) is 2.49. The van der Waals surface area contributed by atoms with Crippen LogP contribution in [0.2, 0.25) is 0 Å². The molecule has 120 valence electrons. The van der Waals surface area contributed by atoms with Gasteiger partial charge in [0.25, 0.3) is 0 Å². The second-order valence-corrected chi connectivity index (χ2v) is 6.07. The lowest BCUT2D eigenvalue weighted by atomic mass is 10.0. The maximum atomic E-state index is 12.0. The van der Waals surface area contributed by atoms with Gasteiger partial charge in [-0.1, -0.05) is 26.7 Å². The number of aliphatic carboxylic acids is 1. The third-order valence-corrected chi connectivity index (χ3v) is 3.60. The Balaban J connectivity index is 2.53. The Morgan fingerprint density at radius 2 is 1.90 bits per heavy atom. The van der Waals surface area contributed by atoms with Gasteiger partial charge in [-0.05, 0) is 25.2 Å². The van der Waals surface area contributed by atoms with Crippen molar-refractivity contribution >= 4 is 17.8 Å². The molecule has 6 nitrogen and oxygen atoms in total. The van der Waals surface area contributed by atoms with Gasteiger partial charge in [0.1, 0.15) is 6.04 Å². The van der Waals surface area contributed by atoms with E-state index in [1.54, 1.807) is 4.90 Å². The summed E-state index contributed by atoms with van der Waals surface area (Å²) in [4.78, 5) is 36.6. The molecule has 1 saturated heterocycles. The monoisotopic (exact) mass is 298 g/mol. The number of likely N-dealkylation sites (tertiary alicyclic amines) is 1. The predicted molar refractivity (Wildman–Crippen MR) is 78.7 cm³/mol. The molecule has 1 rings (SSSR count).